The second kappa shape index (κ2) is 9.62. The summed E-state index contributed by atoms with van der Waals surface area (Å²) in [4.78, 5) is 14.5. The lowest BCUT2D eigenvalue weighted by atomic mass is 9.86. The maximum absolute atomic E-state index is 12.7. The first kappa shape index (κ1) is 26.5. The molecule has 1 N–H and O–H groups in total. The maximum Gasteiger partial charge on any atom is 0.410 e. The number of benzene rings is 1. The highest BCUT2D eigenvalue weighted by Gasteiger charge is 2.41. The number of carbonyl (C=O) groups is 1. The van der Waals surface area contributed by atoms with Gasteiger partial charge in [-0.2, -0.15) is 0 Å². The van der Waals surface area contributed by atoms with Crippen LogP contribution in [0.1, 0.15) is 59.4 Å². The number of hydrogen-bond donors (Lipinski definition) is 1. The summed E-state index contributed by atoms with van der Waals surface area (Å²) in [5.74, 6) is 0.259. The van der Waals surface area contributed by atoms with Crippen molar-refractivity contribution < 1.29 is 19.1 Å². The molecule has 0 aliphatic carbocycles. The van der Waals surface area contributed by atoms with Gasteiger partial charge >= 0.3 is 6.09 Å². The van der Waals surface area contributed by atoms with Gasteiger partial charge in [0, 0.05) is 36.2 Å². The first-order valence-electron chi connectivity index (χ1n) is 10.8. The Bertz CT molecular complexity index is 804. The standard InChI is InChI=1S/C23H37BrClNO4Si/c1-22(2,3)30-21(28)26-13-15(9-10-29-31(7,8)23(4,5)6)18(14-26)17-11-16(25)12-19(24)20(17)27/h11-12,15,18,27H,9-10,13-14H2,1-8H3. The SMILES string of the molecule is CC(C)(C)OC(=O)N1CC(CCO[Si](C)(C)C(C)(C)C)C(c2cc(Cl)cc(Br)c2O)C1. The highest BCUT2D eigenvalue weighted by atomic mass is 79.9. The summed E-state index contributed by atoms with van der Waals surface area (Å²) in [5, 5.41) is 11.4. The molecule has 0 aromatic heterocycles. The van der Waals surface area contributed by atoms with E-state index in [0.717, 1.165) is 12.0 Å². The van der Waals surface area contributed by atoms with Crippen LogP contribution >= 0.6 is 27.5 Å². The summed E-state index contributed by atoms with van der Waals surface area (Å²) in [6, 6.07) is 3.48. The predicted molar refractivity (Wildman–Crippen MR) is 133 cm³/mol. The molecule has 0 spiro atoms. The van der Waals surface area contributed by atoms with Gasteiger partial charge < -0.3 is 19.2 Å². The Hall–Kier alpha value is -0.763. The Morgan fingerprint density at radius 2 is 1.84 bits per heavy atom. The molecule has 0 bridgehead atoms. The number of likely N-dealkylation sites (tertiary alicyclic amines) is 1. The molecule has 8 heteroatoms. The van der Waals surface area contributed by atoms with Crippen LogP contribution in [0, 0.1) is 5.92 Å². The Morgan fingerprint density at radius 3 is 2.39 bits per heavy atom. The van der Waals surface area contributed by atoms with Crippen molar-refractivity contribution in [3.63, 3.8) is 0 Å². The van der Waals surface area contributed by atoms with E-state index in [1.165, 1.54) is 0 Å². The molecule has 1 aromatic carbocycles. The first-order valence-corrected chi connectivity index (χ1v) is 14.9. The molecule has 1 aliphatic heterocycles. The zero-order chi connectivity index (χ0) is 23.8. The highest BCUT2D eigenvalue weighted by Crippen LogP contribution is 2.44. The van der Waals surface area contributed by atoms with Crippen LogP contribution < -0.4 is 0 Å². The fraction of sp³-hybridized carbons (Fsp3) is 0.696. The minimum absolute atomic E-state index is 0.0504. The van der Waals surface area contributed by atoms with Crippen LogP contribution in [0.4, 0.5) is 4.79 Å². The second-order valence-corrected chi connectivity index (χ2v) is 17.1. The van der Waals surface area contributed by atoms with Crippen LogP contribution in [-0.2, 0) is 9.16 Å². The summed E-state index contributed by atoms with van der Waals surface area (Å²) in [5.41, 5.74) is 0.194. The van der Waals surface area contributed by atoms with Crippen molar-refractivity contribution in [3.8, 4) is 5.75 Å². The lowest BCUT2D eigenvalue weighted by Gasteiger charge is -2.36. The number of halogens is 2. The summed E-state index contributed by atoms with van der Waals surface area (Å²) < 4.78 is 12.6. The molecule has 0 saturated carbocycles. The zero-order valence-electron chi connectivity index (χ0n) is 20.0. The predicted octanol–water partition coefficient (Wildman–Crippen LogP) is 7.17. The molecule has 31 heavy (non-hydrogen) atoms. The van der Waals surface area contributed by atoms with Crippen molar-refractivity contribution in [2.24, 2.45) is 5.92 Å². The van der Waals surface area contributed by atoms with Crippen LogP contribution in [0.5, 0.6) is 5.75 Å². The molecule has 2 atom stereocenters. The smallest absolute Gasteiger partial charge is 0.410 e. The minimum atomic E-state index is -1.86. The molecule has 5 nitrogen and oxygen atoms in total. The van der Waals surface area contributed by atoms with E-state index in [4.69, 9.17) is 20.8 Å². The molecular weight excluding hydrogens is 498 g/mol. The quantitative estimate of drug-likeness (QED) is 0.407. The molecule has 1 fully saturated rings. The van der Waals surface area contributed by atoms with Crippen molar-refractivity contribution in [3.05, 3.63) is 27.2 Å². The largest absolute Gasteiger partial charge is 0.506 e. The van der Waals surface area contributed by atoms with Gasteiger partial charge in [-0.1, -0.05) is 32.4 Å². The van der Waals surface area contributed by atoms with Crippen LogP contribution in [-0.4, -0.2) is 49.7 Å². The molecule has 1 aromatic rings. The van der Waals surface area contributed by atoms with E-state index in [1.807, 2.05) is 20.8 Å². The van der Waals surface area contributed by atoms with E-state index < -0.39 is 13.9 Å². The number of hydrogen-bond acceptors (Lipinski definition) is 4. The van der Waals surface area contributed by atoms with Gasteiger partial charge in [-0.05, 0) is 79.3 Å². The molecule has 0 radical (unpaired) electrons. The van der Waals surface area contributed by atoms with Gasteiger partial charge in [-0.25, -0.2) is 4.79 Å². The van der Waals surface area contributed by atoms with Gasteiger partial charge in [-0.15, -0.1) is 0 Å². The number of phenols is 1. The number of carbonyl (C=O) groups excluding carboxylic acids is 1. The summed E-state index contributed by atoms with van der Waals surface area (Å²) in [7, 11) is -1.86. The molecule has 1 amide bonds. The molecule has 2 unspecified atom stereocenters. The fourth-order valence-corrected chi connectivity index (χ4v) is 5.44. The van der Waals surface area contributed by atoms with Gasteiger partial charge in [0.25, 0.3) is 0 Å². The molecule has 1 heterocycles. The number of nitrogens with zero attached hydrogens (tertiary/aromatic N) is 1. The lowest BCUT2D eigenvalue weighted by Crippen LogP contribution is -2.41. The van der Waals surface area contributed by atoms with E-state index in [9.17, 15) is 9.90 Å². The molecule has 2 rings (SSSR count). The van der Waals surface area contributed by atoms with Crippen molar-refractivity contribution in [2.45, 2.75) is 77.6 Å². The number of phenolic OH excluding ortho intramolecular Hbond substituents is 1. The summed E-state index contributed by atoms with van der Waals surface area (Å²) in [6.07, 6.45) is 0.464. The normalized spacial score (nSPS) is 20.3. The fourth-order valence-electron chi connectivity index (χ4n) is 3.54. The van der Waals surface area contributed by atoms with Crippen molar-refractivity contribution in [2.75, 3.05) is 19.7 Å². The highest BCUT2D eigenvalue weighted by molar-refractivity contribution is 9.10. The van der Waals surface area contributed by atoms with Crippen molar-refractivity contribution in [1.82, 2.24) is 4.90 Å². The number of rotatable bonds is 5. The van der Waals surface area contributed by atoms with E-state index >= 15 is 0 Å². The van der Waals surface area contributed by atoms with E-state index in [1.54, 1.807) is 17.0 Å². The van der Waals surface area contributed by atoms with Gasteiger partial charge in [-0.3, -0.25) is 0 Å². The maximum atomic E-state index is 12.7. The van der Waals surface area contributed by atoms with Crippen molar-refractivity contribution in [1.29, 1.82) is 0 Å². The minimum Gasteiger partial charge on any atom is -0.506 e. The topological polar surface area (TPSA) is 59.0 Å². The Kier molecular flexibility index (Phi) is 8.22. The van der Waals surface area contributed by atoms with Crippen LogP contribution in [0.2, 0.25) is 23.2 Å². The van der Waals surface area contributed by atoms with Crippen LogP contribution in [0.25, 0.3) is 0 Å². The monoisotopic (exact) mass is 533 g/mol. The molecule has 1 aliphatic rings. The lowest BCUT2D eigenvalue weighted by molar-refractivity contribution is 0.0285. The number of ether oxygens (including phenoxy) is 1. The third-order valence-corrected chi connectivity index (χ3v) is 11.7. The van der Waals surface area contributed by atoms with Crippen LogP contribution in [0.15, 0.2) is 16.6 Å². The van der Waals surface area contributed by atoms with Crippen LogP contribution in [0.3, 0.4) is 0 Å². The van der Waals surface area contributed by atoms with Gasteiger partial charge in [0.2, 0.25) is 0 Å². The van der Waals surface area contributed by atoms with Gasteiger partial charge in [0.1, 0.15) is 11.4 Å². The molecular formula is C23H37BrClNO4Si. The first-order chi connectivity index (χ1) is 14.0. The number of aromatic hydroxyl groups is 1. The van der Waals surface area contributed by atoms with E-state index in [0.29, 0.717) is 29.2 Å². The number of amides is 1. The second-order valence-electron chi connectivity index (χ2n) is 11.0. The molecule has 1 saturated heterocycles. The van der Waals surface area contributed by atoms with Gasteiger partial charge in [0.05, 0.1) is 4.47 Å². The Balaban J connectivity index is 2.24. The Labute approximate surface area is 201 Å². The third-order valence-electron chi connectivity index (χ3n) is 6.31. The van der Waals surface area contributed by atoms with E-state index in [2.05, 4.69) is 49.8 Å². The summed E-state index contributed by atoms with van der Waals surface area (Å²) >= 11 is 9.67. The van der Waals surface area contributed by atoms with Crippen molar-refractivity contribution >= 4 is 41.9 Å². The zero-order valence-corrected chi connectivity index (χ0v) is 23.4. The average molecular weight is 535 g/mol. The average Bonchev–Trinajstić information content (AvgIpc) is 2.99. The van der Waals surface area contributed by atoms with E-state index in [-0.39, 0.29) is 28.7 Å². The summed E-state index contributed by atoms with van der Waals surface area (Å²) in [6.45, 7) is 18.4. The Morgan fingerprint density at radius 1 is 1.23 bits per heavy atom. The third kappa shape index (κ3) is 6.86. The molecule has 176 valence electrons. The van der Waals surface area contributed by atoms with Gasteiger partial charge in [0.15, 0.2) is 8.32 Å².